The summed E-state index contributed by atoms with van der Waals surface area (Å²) in [6, 6.07) is 21.7. The van der Waals surface area contributed by atoms with Crippen LogP contribution in [0.3, 0.4) is 0 Å². The van der Waals surface area contributed by atoms with E-state index in [1.54, 1.807) is 48.5 Å². The van der Waals surface area contributed by atoms with Crippen LogP contribution in [0.1, 0.15) is 21.5 Å². The smallest absolute Gasteiger partial charge is 0.280 e. The quantitative estimate of drug-likeness (QED) is 0.278. The maximum Gasteiger partial charge on any atom is 0.280 e. The molecular weight excluding hydrogens is 422 g/mol. The van der Waals surface area contributed by atoms with Gasteiger partial charge in [-0.3, -0.25) is 9.59 Å². The van der Waals surface area contributed by atoms with Gasteiger partial charge in [0.15, 0.2) is 0 Å². The molecule has 2 heterocycles. The number of benzene rings is 3. The van der Waals surface area contributed by atoms with Gasteiger partial charge < -0.3 is 4.42 Å². The Hall–Kier alpha value is -4.10. The molecule has 2 aromatic heterocycles. The molecular formula is C25H17N3O3S. The zero-order chi connectivity index (χ0) is 22.1. The molecule has 0 aliphatic rings. The number of hydrogen-bond acceptors (Lipinski definition) is 6. The number of fused-ring (bicyclic) bond motifs is 2. The molecule has 6 nitrogen and oxygen atoms in total. The van der Waals surface area contributed by atoms with Crippen molar-refractivity contribution in [2.24, 2.45) is 5.10 Å². The predicted octanol–water partition coefficient (Wildman–Crippen LogP) is 5.39. The SMILES string of the molecule is Cc1ccc2nc(N(/N=C/c3coc4ccccc4c3=O)C(=O)c3ccccc3)sc2c1. The van der Waals surface area contributed by atoms with Gasteiger partial charge in [0.25, 0.3) is 5.91 Å². The fourth-order valence-corrected chi connectivity index (χ4v) is 4.32. The maximum atomic E-state index is 13.3. The Bertz CT molecular complexity index is 1540. The van der Waals surface area contributed by atoms with Gasteiger partial charge in [-0.25, -0.2) is 4.98 Å². The van der Waals surface area contributed by atoms with Crippen LogP contribution in [0.4, 0.5) is 5.13 Å². The second kappa shape index (κ2) is 8.20. The lowest BCUT2D eigenvalue weighted by Gasteiger charge is -2.13. The lowest BCUT2D eigenvalue weighted by atomic mass is 10.2. The maximum absolute atomic E-state index is 13.3. The zero-order valence-electron chi connectivity index (χ0n) is 17.1. The molecule has 0 saturated heterocycles. The van der Waals surface area contributed by atoms with E-state index in [9.17, 15) is 9.59 Å². The molecule has 0 fully saturated rings. The van der Waals surface area contributed by atoms with Crippen molar-refractivity contribution >= 4 is 49.8 Å². The molecule has 5 aromatic rings. The number of aryl methyl sites for hydroxylation is 1. The normalized spacial score (nSPS) is 11.4. The molecule has 0 aliphatic heterocycles. The van der Waals surface area contributed by atoms with Crippen molar-refractivity contribution in [3.8, 4) is 0 Å². The molecule has 0 bridgehead atoms. The van der Waals surface area contributed by atoms with Gasteiger partial charge in [0.2, 0.25) is 10.6 Å². The number of hydrogen-bond donors (Lipinski definition) is 0. The first-order valence-corrected chi connectivity index (χ1v) is 10.7. The molecule has 0 saturated carbocycles. The van der Waals surface area contributed by atoms with Crippen LogP contribution in [0.5, 0.6) is 0 Å². The molecule has 32 heavy (non-hydrogen) atoms. The van der Waals surface area contributed by atoms with Crippen molar-refractivity contribution in [3.05, 3.63) is 106 Å². The molecule has 0 spiro atoms. The number of carbonyl (C=O) groups is 1. The van der Waals surface area contributed by atoms with Crippen LogP contribution in [0.15, 0.2) is 93.4 Å². The minimum Gasteiger partial charge on any atom is -0.463 e. The lowest BCUT2D eigenvalue weighted by molar-refractivity contribution is 0.0988. The number of anilines is 1. The van der Waals surface area contributed by atoms with Crippen molar-refractivity contribution in [2.75, 3.05) is 5.01 Å². The van der Waals surface area contributed by atoms with Crippen molar-refractivity contribution in [1.82, 2.24) is 4.98 Å². The standard InChI is InChI=1S/C25H17N3O3S/c1-16-11-12-20-22(13-16)32-25(27-20)28(24(30)17-7-3-2-4-8-17)26-14-18-15-31-21-10-6-5-9-19(21)23(18)29/h2-15H,1H3/b26-14+. The largest absolute Gasteiger partial charge is 0.463 e. The molecule has 1 amide bonds. The van der Waals surface area contributed by atoms with Crippen molar-refractivity contribution in [2.45, 2.75) is 6.92 Å². The number of nitrogens with zero attached hydrogens (tertiary/aromatic N) is 3. The number of carbonyl (C=O) groups excluding carboxylic acids is 1. The minimum atomic E-state index is -0.345. The number of para-hydroxylation sites is 1. The Morgan fingerprint density at radius 3 is 2.69 bits per heavy atom. The van der Waals surface area contributed by atoms with Gasteiger partial charge >= 0.3 is 0 Å². The summed E-state index contributed by atoms with van der Waals surface area (Å²) in [6.07, 6.45) is 2.69. The van der Waals surface area contributed by atoms with Gasteiger partial charge in [-0.05, 0) is 48.9 Å². The van der Waals surface area contributed by atoms with Crippen LogP contribution in [0.2, 0.25) is 0 Å². The van der Waals surface area contributed by atoms with Crippen molar-refractivity contribution in [3.63, 3.8) is 0 Å². The van der Waals surface area contributed by atoms with E-state index < -0.39 is 0 Å². The van der Waals surface area contributed by atoms with E-state index in [1.165, 1.54) is 28.8 Å². The molecule has 0 unspecified atom stereocenters. The molecule has 0 atom stereocenters. The van der Waals surface area contributed by atoms with Crippen molar-refractivity contribution in [1.29, 1.82) is 0 Å². The molecule has 0 N–H and O–H groups in total. The van der Waals surface area contributed by atoms with Crippen LogP contribution in [0, 0.1) is 6.92 Å². The fraction of sp³-hybridized carbons (Fsp3) is 0.0400. The summed E-state index contributed by atoms with van der Waals surface area (Å²) in [5, 5.41) is 6.47. The highest BCUT2D eigenvalue weighted by molar-refractivity contribution is 7.22. The van der Waals surface area contributed by atoms with Gasteiger partial charge in [0, 0.05) is 5.56 Å². The lowest BCUT2D eigenvalue weighted by Crippen LogP contribution is -2.26. The third-order valence-electron chi connectivity index (χ3n) is 4.95. The highest BCUT2D eigenvalue weighted by atomic mass is 32.1. The predicted molar refractivity (Wildman–Crippen MR) is 128 cm³/mol. The minimum absolute atomic E-state index is 0.220. The monoisotopic (exact) mass is 439 g/mol. The number of thiazole rings is 1. The van der Waals surface area contributed by atoms with Crippen LogP contribution < -0.4 is 10.4 Å². The molecule has 0 radical (unpaired) electrons. The Morgan fingerprint density at radius 1 is 1.06 bits per heavy atom. The number of amides is 1. The highest BCUT2D eigenvalue weighted by Gasteiger charge is 2.21. The van der Waals surface area contributed by atoms with E-state index in [-0.39, 0.29) is 16.9 Å². The van der Waals surface area contributed by atoms with Gasteiger partial charge in [0.05, 0.1) is 27.4 Å². The van der Waals surface area contributed by atoms with E-state index in [4.69, 9.17) is 4.42 Å². The Morgan fingerprint density at radius 2 is 1.84 bits per heavy atom. The van der Waals surface area contributed by atoms with E-state index >= 15 is 0 Å². The molecule has 7 heteroatoms. The first-order valence-electron chi connectivity index (χ1n) is 9.91. The van der Waals surface area contributed by atoms with Crippen LogP contribution in [-0.2, 0) is 0 Å². The first kappa shape index (κ1) is 19.8. The first-order chi connectivity index (χ1) is 15.6. The van der Waals surface area contributed by atoms with Crippen LogP contribution >= 0.6 is 11.3 Å². The average Bonchev–Trinajstić information content (AvgIpc) is 3.24. The summed E-state index contributed by atoms with van der Waals surface area (Å²) in [4.78, 5) is 30.7. The summed E-state index contributed by atoms with van der Waals surface area (Å²) in [5.41, 5.74) is 2.86. The Balaban J connectivity index is 1.60. The number of aromatic nitrogens is 1. The topological polar surface area (TPSA) is 75.8 Å². The fourth-order valence-electron chi connectivity index (χ4n) is 3.30. The van der Waals surface area contributed by atoms with E-state index in [0.717, 1.165) is 15.8 Å². The average molecular weight is 439 g/mol. The number of hydrazone groups is 1. The zero-order valence-corrected chi connectivity index (χ0v) is 17.9. The number of rotatable bonds is 4. The van der Waals surface area contributed by atoms with E-state index in [0.29, 0.717) is 21.7 Å². The second-order valence-electron chi connectivity index (χ2n) is 7.21. The van der Waals surface area contributed by atoms with Crippen LogP contribution in [-0.4, -0.2) is 17.1 Å². The highest BCUT2D eigenvalue weighted by Crippen LogP contribution is 2.30. The summed E-state index contributed by atoms with van der Waals surface area (Å²) >= 11 is 1.36. The van der Waals surface area contributed by atoms with E-state index in [2.05, 4.69) is 10.1 Å². The third kappa shape index (κ3) is 3.70. The summed E-state index contributed by atoms with van der Waals surface area (Å²) in [5.74, 6) is -0.345. The van der Waals surface area contributed by atoms with Gasteiger partial charge in [-0.1, -0.05) is 47.7 Å². The summed E-state index contributed by atoms with van der Waals surface area (Å²) < 4.78 is 6.51. The summed E-state index contributed by atoms with van der Waals surface area (Å²) in [7, 11) is 0. The Labute approximate surface area is 187 Å². The molecule has 5 rings (SSSR count). The summed E-state index contributed by atoms with van der Waals surface area (Å²) in [6.45, 7) is 2.00. The Kier molecular flexibility index (Phi) is 5.09. The molecule has 3 aromatic carbocycles. The second-order valence-corrected chi connectivity index (χ2v) is 8.22. The van der Waals surface area contributed by atoms with Gasteiger partial charge in [-0.2, -0.15) is 10.1 Å². The van der Waals surface area contributed by atoms with E-state index in [1.807, 2.05) is 31.2 Å². The van der Waals surface area contributed by atoms with Crippen LogP contribution in [0.25, 0.3) is 21.2 Å². The van der Waals surface area contributed by atoms with Crippen molar-refractivity contribution < 1.29 is 9.21 Å². The van der Waals surface area contributed by atoms with Gasteiger partial charge in [0.1, 0.15) is 11.8 Å². The third-order valence-corrected chi connectivity index (χ3v) is 5.94. The van der Waals surface area contributed by atoms with Gasteiger partial charge in [-0.15, -0.1) is 0 Å². The molecule has 0 aliphatic carbocycles. The molecule has 156 valence electrons.